The van der Waals surface area contributed by atoms with E-state index in [9.17, 15) is 9.18 Å². The molecular formula is C18H14FNO4. The summed E-state index contributed by atoms with van der Waals surface area (Å²) in [6.07, 6.45) is 0.281. The van der Waals surface area contributed by atoms with Crippen molar-refractivity contribution in [2.24, 2.45) is 0 Å². The van der Waals surface area contributed by atoms with Gasteiger partial charge in [0.05, 0.1) is 0 Å². The molecule has 0 saturated heterocycles. The van der Waals surface area contributed by atoms with Crippen molar-refractivity contribution in [3.05, 3.63) is 47.8 Å². The van der Waals surface area contributed by atoms with Gasteiger partial charge in [-0.3, -0.25) is 4.79 Å². The summed E-state index contributed by atoms with van der Waals surface area (Å²) in [5.41, 5.74) is 3.17. The Morgan fingerprint density at radius 3 is 2.83 bits per heavy atom. The van der Waals surface area contributed by atoms with Crippen LogP contribution in [0.4, 0.5) is 4.39 Å². The van der Waals surface area contributed by atoms with Crippen LogP contribution in [0.15, 0.2) is 36.4 Å². The van der Waals surface area contributed by atoms with Crippen LogP contribution in [-0.4, -0.2) is 22.9 Å². The van der Waals surface area contributed by atoms with Gasteiger partial charge < -0.3 is 19.6 Å². The van der Waals surface area contributed by atoms with Crippen molar-refractivity contribution in [2.45, 2.75) is 12.8 Å². The number of ether oxygens (including phenoxy) is 2. The number of rotatable bonds is 4. The Labute approximate surface area is 136 Å². The number of hydrogen-bond acceptors (Lipinski definition) is 3. The van der Waals surface area contributed by atoms with Crippen LogP contribution >= 0.6 is 0 Å². The summed E-state index contributed by atoms with van der Waals surface area (Å²) in [5, 5.41) is 9.70. The molecule has 0 unspecified atom stereocenters. The van der Waals surface area contributed by atoms with Crippen molar-refractivity contribution in [1.29, 1.82) is 0 Å². The summed E-state index contributed by atoms with van der Waals surface area (Å²) >= 11 is 0. The van der Waals surface area contributed by atoms with Crippen LogP contribution in [-0.2, 0) is 11.2 Å². The van der Waals surface area contributed by atoms with Crippen LogP contribution in [0.5, 0.6) is 11.5 Å². The highest BCUT2D eigenvalue weighted by Gasteiger charge is 2.19. The van der Waals surface area contributed by atoms with Crippen LogP contribution in [0.2, 0.25) is 0 Å². The third kappa shape index (κ3) is 2.46. The molecule has 0 atom stereocenters. The fraction of sp³-hybridized carbons (Fsp3) is 0.167. The first-order valence-electron chi connectivity index (χ1n) is 7.54. The number of aliphatic carboxylic acids is 1. The Bertz CT molecular complexity index is 948. The number of carbonyl (C=O) groups is 1. The molecule has 6 heteroatoms. The second-order valence-electron chi connectivity index (χ2n) is 5.63. The quantitative estimate of drug-likeness (QED) is 0.766. The summed E-state index contributed by atoms with van der Waals surface area (Å²) in [6.45, 7) is 0.183. The maximum Gasteiger partial charge on any atom is 0.303 e. The molecule has 0 saturated carbocycles. The van der Waals surface area contributed by atoms with Crippen LogP contribution < -0.4 is 9.47 Å². The molecule has 0 spiro atoms. The molecule has 3 aromatic rings. The summed E-state index contributed by atoms with van der Waals surface area (Å²) in [6, 6.07) is 9.99. The monoisotopic (exact) mass is 327 g/mol. The van der Waals surface area contributed by atoms with E-state index in [0.717, 1.165) is 22.3 Å². The molecule has 2 heterocycles. The van der Waals surface area contributed by atoms with E-state index in [0.29, 0.717) is 23.3 Å². The van der Waals surface area contributed by atoms with Crippen molar-refractivity contribution in [1.82, 2.24) is 4.98 Å². The maximum absolute atomic E-state index is 13.6. The average molecular weight is 327 g/mol. The topological polar surface area (TPSA) is 71.6 Å². The van der Waals surface area contributed by atoms with Gasteiger partial charge in [0.1, 0.15) is 5.82 Å². The molecule has 5 nitrogen and oxygen atoms in total. The number of carboxylic acids is 1. The minimum atomic E-state index is -0.891. The van der Waals surface area contributed by atoms with E-state index in [1.54, 1.807) is 6.07 Å². The molecule has 24 heavy (non-hydrogen) atoms. The second-order valence-corrected chi connectivity index (χ2v) is 5.63. The number of nitrogens with one attached hydrogen (secondary N) is 1. The Hall–Kier alpha value is -3.02. The minimum Gasteiger partial charge on any atom is -0.481 e. The van der Waals surface area contributed by atoms with Crippen LogP contribution in [0, 0.1) is 5.82 Å². The van der Waals surface area contributed by atoms with Gasteiger partial charge in [0.15, 0.2) is 11.5 Å². The summed E-state index contributed by atoms with van der Waals surface area (Å²) in [4.78, 5) is 14.2. The van der Waals surface area contributed by atoms with Gasteiger partial charge in [-0.25, -0.2) is 4.39 Å². The first kappa shape index (κ1) is 14.6. The lowest BCUT2D eigenvalue weighted by molar-refractivity contribution is -0.136. The normalized spacial score (nSPS) is 12.7. The third-order valence-corrected chi connectivity index (χ3v) is 4.12. The van der Waals surface area contributed by atoms with Crippen LogP contribution in [0.1, 0.15) is 12.0 Å². The van der Waals surface area contributed by atoms with E-state index in [1.807, 2.05) is 18.2 Å². The lowest BCUT2D eigenvalue weighted by Gasteiger charge is -2.05. The van der Waals surface area contributed by atoms with Gasteiger partial charge >= 0.3 is 5.97 Å². The number of aryl methyl sites for hydroxylation is 1. The molecule has 2 N–H and O–H groups in total. The first-order valence-corrected chi connectivity index (χ1v) is 7.54. The lowest BCUT2D eigenvalue weighted by atomic mass is 10.0. The van der Waals surface area contributed by atoms with Crippen LogP contribution in [0.3, 0.4) is 0 Å². The van der Waals surface area contributed by atoms with Crippen LogP contribution in [0.25, 0.3) is 22.2 Å². The number of aromatic amines is 1. The average Bonchev–Trinajstić information content (AvgIpc) is 3.15. The fourth-order valence-corrected chi connectivity index (χ4v) is 3.01. The van der Waals surface area contributed by atoms with E-state index in [1.165, 1.54) is 12.1 Å². The summed E-state index contributed by atoms with van der Waals surface area (Å²) < 4.78 is 24.4. The standard InChI is InChI=1S/C18H14FNO4/c19-11-2-4-14-13(8-11)12(3-6-17(21)22)18(20-14)10-1-5-15-16(7-10)24-9-23-15/h1-2,4-5,7-8,20H,3,6,9H2,(H,21,22). The van der Waals surface area contributed by atoms with E-state index in [-0.39, 0.29) is 19.0 Å². The van der Waals surface area contributed by atoms with Gasteiger partial charge in [0.25, 0.3) is 0 Å². The zero-order chi connectivity index (χ0) is 16.7. The number of H-pyrrole nitrogens is 1. The number of halogens is 1. The molecule has 0 amide bonds. The van der Waals surface area contributed by atoms with E-state index < -0.39 is 5.97 Å². The zero-order valence-electron chi connectivity index (χ0n) is 12.6. The van der Waals surface area contributed by atoms with Gasteiger partial charge in [-0.15, -0.1) is 0 Å². The predicted molar refractivity (Wildman–Crippen MR) is 85.8 cm³/mol. The predicted octanol–water partition coefficient (Wildman–Crippen LogP) is 3.72. The molecular weight excluding hydrogens is 313 g/mol. The van der Waals surface area contributed by atoms with Gasteiger partial charge in [-0.05, 0) is 48.4 Å². The van der Waals surface area contributed by atoms with Gasteiger partial charge in [0.2, 0.25) is 6.79 Å². The van der Waals surface area contributed by atoms with Gasteiger partial charge in [-0.2, -0.15) is 0 Å². The Morgan fingerprint density at radius 1 is 1.17 bits per heavy atom. The van der Waals surface area contributed by atoms with Gasteiger partial charge in [-0.1, -0.05) is 0 Å². The number of aromatic nitrogens is 1. The van der Waals surface area contributed by atoms with E-state index >= 15 is 0 Å². The van der Waals surface area contributed by atoms with Crippen molar-refractivity contribution in [3.63, 3.8) is 0 Å². The van der Waals surface area contributed by atoms with Crippen molar-refractivity contribution < 1.29 is 23.8 Å². The Balaban J connectivity index is 1.87. The summed E-state index contributed by atoms with van der Waals surface area (Å²) in [7, 11) is 0. The maximum atomic E-state index is 13.6. The summed E-state index contributed by atoms with van der Waals surface area (Å²) in [5.74, 6) is 0.0715. The molecule has 1 aliphatic rings. The van der Waals surface area contributed by atoms with E-state index in [2.05, 4.69) is 4.98 Å². The van der Waals surface area contributed by atoms with Crippen molar-refractivity contribution in [2.75, 3.05) is 6.79 Å². The van der Waals surface area contributed by atoms with Gasteiger partial charge in [0, 0.05) is 28.6 Å². The third-order valence-electron chi connectivity index (χ3n) is 4.12. The highest BCUT2D eigenvalue weighted by molar-refractivity contribution is 5.91. The number of benzene rings is 2. The molecule has 0 fully saturated rings. The molecule has 0 aliphatic carbocycles. The highest BCUT2D eigenvalue weighted by atomic mass is 19.1. The molecule has 122 valence electrons. The van der Waals surface area contributed by atoms with E-state index in [4.69, 9.17) is 14.6 Å². The molecule has 4 rings (SSSR count). The molecule has 0 radical (unpaired) electrons. The largest absolute Gasteiger partial charge is 0.481 e. The number of hydrogen-bond donors (Lipinski definition) is 2. The number of carboxylic acid groups (broad SMARTS) is 1. The molecule has 1 aromatic heterocycles. The molecule has 1 aliphatic heterocycles. The zero-order valence-corrected chi connectivity index (χ0v) is 12.6. The molecule has 2 aromatic carbocycles. The number of fused-ring (bicyclic) bond motifs is 2. The molecule has 0 bridgehead atoms. The lowest BCUT2D eigenvalue weighted by Crippen LogP contribution is -1.98. The smallest absolute Gasteiger partial charge is 0.303 e. The minimum absolute atomic E-state index is 0.0268. The van der Waals surface area contributed by atoms with Crippen molar-refractivity contribution in [3.8, 4) is 22.8 Å². The highest BCUT2D eigenvalue weighted by Crippen LogP contribution is 2.38. The SMILES string of the molecule is O=C(O)CCc1c(-c2ccc3c(c2)OCO3)[nH]c2ccc(F)cc12. The van der Waals surface area contributed by atoms with Crippen molar-refractivity contribution >= 4 is 16.9 Å². The Morgan fingerprint density at radius 2 is 2.00 bits per heavy atom. The fourth-order valence-electron chi connectivity index (χ4n) is 3.01. The Kier molecular flexibility index (Phi) is 3.37. The second kappa shape index (κ2) is 5.56. The first-order chi connectivity index (χ1) is 11.6.